The molecule has 0 aromatic heterocycles. The molecular weight excluding hydrogens is 312 g/mol. The fourth-order valence-corrected chi connectivity index (χ4v) is 3.81. The van der Waals surface area contributed by atoms with E-state index in [4.69, 9.17) is 4.74 Å². The van der Waals surface area contributed by atoms with Crippen molar-refractivity contribution in [2.75, 3.05) is 20.7 Å². The van der Waals surface area contributed by atoms with E-state index in [-0.39, 0.29) is 4.90 Å². The molecule has 0 fully saturated rings. The Morgan fingerprint density at radius 3 is 2.48 bits per heavy atom. The van der Waals surface area contributed by atoms with E-state index in [1.165, 1.54) is 0 Å². The van der Waals surface area contributed by atoms with E-state index in [9.17, 15) is 8.42 Å². The van der Waals surface area contributed by atoms with Gasteiger partial charge < -0.3 is 9.64 Å². The fraction of sp³-hybridized carbons (Fsp3) is 0.235. The summed E-state index contributed by atoms with van der Waals surface area (Å²) in [5.74, 6) is 1.33. The first-order chi connectivity index (χ1) is 11.0. The van der Waals surface area contributed by atoms with Crippen molar-refractivity contribution in [3.8, 4) is 5.75 Å². The van der Waals surface area contributed by atoms with Gasteiger partial charge in [0.15, 0.2) is 5.84 Å². The van der Waals surface area contributed by atoms with E-state index in [0.29, 0.717) is 17.9 Å². The van der Waals surface area contributed by atoms with Crippen LogP contribution in [-0.2, 0) is 16.4 Å². The molecule has 1 aliphatic rings. The van der Waals surface area contributed by atoms with Crippen LogP contribution in [0.4, 0.5) is 0 Å². The Balaban J connectivity index is 1.75. The van der Waals surface area contributed by atoms with Gasteiger partial charge in [-0.2, -0.15) is 8.42 Å². The zero-order valence-corrected chi connectivity index (χ0v) is 13.9. The molecule has 0 spiro atoms. The zero-order valence-electron chi connectivity index (χ0n) is 13.1. The van der Waals surface area contributed by atoms with Gasteiger partial charge in [0.2, 0.25) is 0 Å². The summed E-state index contributed by atoms with van der Waals surface area (Å²) in [4.78, 5) is 2.17. The predicted molar refractivity (Wildman–Crippen MR) is 89.5 cm³/mol. The molecule has 0 saturated carbocycles. The SMILES string of the molecule is COc1ccc(CCN(C)C2=NS(=O)(=O)c3ccccc32)cc1. The average Bonchev–Trinajstić information content (AvgIpc) is 2.85. The van der Waals surface area contributed by atoms with Crippen molar-refractivity contribution in [2.45, 2.75) is 11.3 Å². The maximum absolute atomic E-state index is 12.1. The minimum atomic E-state index is -3.56. The minimum Gasteiger partial charge on any atom is -0.497 e. The summed E-state index contributed by atoms with van der Waals surface area (Å²) in [6, 6.07) is 14.8. The topological polar surface area (TPSA) is 59.0 Å². The van der Waals surface area contributed by atoms with Crippen LogP contribution in [0.3, 0.4) is 0 Å². The van der Waals surface area contributed by atoms with Crippen LogP contribution in [-0.4, -0.2) is 39.9 Å². The Labute approximate surface area is 136 Å². The summed E-state index contributed by atoms with van der Waals surface area (Å²) >= 11 is 0. The van der Waals surface area contributed by atoms with Crippen molar-refractivity contribution in [2.24, 2.45) is 4.40 Å². The number of methoxy groups -OCH3 is 1. The molecule has 3 rings (SSSR count). The first-order valence-corrected chi connectivity index (χ1v) is 8.74. The number of amidine groups is 1. The van der Waals surface area contributed by atoms with Crippen LogP contribution in [0.15, 0.2) is 57.8 Å². The minimum absolute atomic E-state index is 0.284. The lowest BCUT2D eigenvalue weighted by Gasteiger charge is -2.19. The van der Waals surface area contributed by atoms with E-state index >= 15 is 0 Å². The molecule has 120 valence electrons. The molecule has 0 radical (unpaired) electrons. The maximum atomic E-state index is 12.1. The lowest BCUT2D eigenvalue weighted by atomic mass is 10.1. The van der Waals surface area contributed by atoms with Crippen LogP contribution in [0.25, 0.3) is 0 Å². The highest BCUT2D eigenvalue weighted by Gasteiger charge is 2.30. The largest absolute Gasteiger partial charge is 0.497 e. The van der Waals surface area contributed by atoms with E-state index in [2.05, 4.69) is 4.40 Å². The molecule has 0 aliphatic carbocycles. The van der Waals surface area contributed by atoms with Crippen molar-refractivity contribution in [1.82, 2.24) is 4.90 Å². The maximum Gasteiger partial charge on any atom is 0.285 e. The number of hydrogen-bond acceptors (Lipinski definition) is 4. The van der Waals surface area contributed by atoms with Crippen molar-refractivity contribution in [3.05, 3.63) is 59.7 Å². The molecule has 0 saturated heterocycles. The highest BCUT2D eigenvalue weighted by Crippen LogP contribution is 2.27. The van der Waals surface area contributed by atoms with Crippen molar-refractivity contribution in [3.63, 3.8) is 0 Å². The lowest BCUT2D eigenvalue weighted by molar-refractivity contribution is 0.414. The van der Waals surface area contributed by atoms with Crippen LogP contribution in [0.2, 0.25) is 0 Å². The van der Waals surface area contributed by atoms with Crippen LogP contribution in [0.1, 0.15) is 11.1 Å². The third-order valence-corrected chi connectivity index (χ3v) is 5.19. The molecule has 1 heterocycles. The Hall–Kier alpha value is -2.34. The number of nitrogens with zero attached hydrogens (tertiary/aromatic N) is 2. The van der Waals surface area contributed by atoms with E-state index < -0.39 is 10.0 Å². The number of ether oxygens (including phenoxy) is 1. The quantitative estimate of drug-likeness (QED) is 0.863. The summed E-state index contributed by atoms with van der Waals surface area (Å²) in [5, 5.41) is 0. The van der Waals surface area contributed by atoms with Crippen LogP contribution < -0.4 is 4.74 Å². The molecule has 5 nitrogen and oxygen atoms in total. The second kappa shape index (κ2) is 6.04. The van der Waals surface area contributed by atoms with Crippen molar-refractivity contribution in [1.29, 1.82) is 0 Å². The van der Waals surface area contributed by atoms with Gasteiger partial charge in [0.1, 0.15) is 10.6 Å². The average molecular weight is 330 g/mol. The lowest BCUT2D eigenvalue weighted by Crippen LogP contribution is -2.28. The number of fused-ring (bicyclic) bond motifs is 1. The molecule has 0 N–H and O–H groups in total. The third-order valence-electron chi connectivity index (χ3n) is 3.87. The Morgan fingerprint density at radius 2 is 1.78 bits per heavy atom. The van der Waals surface area contributed by atoms with E-state index in [1.54, 1.807) is 25.3 Å². The smallest absolute Gasteiger partial charge is 0.285 e. The van der Waals surface area contributed by atoms with Gasteiger partial charge in [-0.1, -0.05) is 24.3 Å². The first kappa shape index (κ1) is 15.6. The number of sulfonamides is 1. The molecule has 23 heavy (non-hydrogen) atoms. The van der Waals surface area contributed by atoms with Gasteiger partial charge in [0.05, 0.1) is 7.11 Å². The van der Waals surface area contributed by atoms with Gasteiger partial charge >= 0.3 is 0 Å². The van der Waals surface area contributed by atoms with Gasteiger partial charge in [-0.3, -0.25) is 0 Å². The van der Waals surface area contributed by atoms with Gasteiger partial charge in [0, 0.05) is 19.2 Å². The normalized spacial score (nSPS) is 15.0. The number of hydrogen-bond donors (Lipinski definition) is 0. The summed E-state index contributed by atoms with van der Waals surface area (Å²) in [5.41, 5.74) is 1.83. The number of rotatable bonds is 4. The van der Waals surface area contributed by atoms with Crippen LogP contribution >= 0.6 is 0 Å². The van der Waals surface area contributed by atoms with E-state index in [0.717, 1.165) is 17.7 Å². The second-order valence-electron chi connectivity index (χ2n) is 5.41. The second-order valence-corrected chi connectivity index (χ2v) is 6.98. The molecule has 1 aliphatic heterocycles. The first-order valence-electron chi connectivity index (χ1n) is 7.30. The van der Waals surface area contributed by atoms with E-state index in [1.807, 2.05) is 42.3 Å². The zero-order chi connectivity index (χ0) is 16.4. The summed E-state index contributed by atoms with van der Waals surface area (Å²) < 4.78 is 33.2. The van der Waals surface area contributed by atoms with Crippen LogP contribution in [0.5, 0.6) is 5.75 Å². The molecule has 0 amide bonds. The Kier molecular flexibility index (Phi) is 4.09. The molecule has 0 unspecified atom stereocenters. The number of likely N-dealkylation sites (N-methyl/N-ethyl adjacent to an activating group) is 1. The van der Waals surface area contributed by atoms with Gasteiger partial charge in [-0.15, -0.1) is 4.40 Å². The molecule has 0 atom stereocenters. The summed E-state index contributed by atoms with van der Waals surface area (Å²) in [7, 11) is -0.0631. The Bertz CT molecular complexity index is 842. The van der Waals surface area contributed by atoms with Crippen molar-refractivity contribution >= 4 is 15.9 Å². The molecule has 2 aromatic carbocycles. The molecule has 6 heteroatoms. The standard InChI is InChI=1S/C17H18N2O3S/c1-19(12-11-13-7-9-14(22-2)10-8-13)17-15-5-3-4-6-16(15)23(20,21)18-17/h3-10H,11-12H2,1-2H3. The Morgan fingerprint density at radius 1 is 1.09 bits per heavy atom. The molecule has 0 bridgehead atoms. The monoisotopic (exact) mass is 330 g/mol. The van der Waals surface area contributed by atoms with Gasteiger partial charge in [0.25, 0.3) is 10.0 Å². The predicted octanol–water partition coefficient (Wildman–Crippen LogP) is 2.32. The van der Waals surface area contributed by atoms with Gasteiger partial charge in [-0.25, -0.2) is 0 Å². The fourth-order valence-electron chi connectivity index (χ4n) is 2.56. The molecule has 2 aromatic rings. The highest BCUT2D eigenvalue weighted by molar-refractivity contribution is 7.90. The van der Waals surface area contributed by atoms with Crippen molar-refractivity contribution < 1.29 is 13.2 Å². The third kappa shape index (κ3) is 3.07. The van der Waals surface area contributed by atoms with Gasteiger partial charge in [-0.05, 0) is 36.2 Å². The summed E-state index contributed by atoms with van der Waals surface area (Å²) in [6.45, 7) is 0.676. The number of benzene rings is 2. The van der Waals surface area contributed by atoms with Crippen LogP contribution in [0, 0.1) is 0 Å². The summed E-state index contributed by atoms with van der Waals surface area (Å²) in [6.07, 6.45) is 0.793. The highest BCUT2D eigenvalue weighted by atomic mass is 32.2. The molecular formula is C17H18N2O3S.